The van der Waals surface area contributed by atoms with Crippen LogP contribution in [-0.2, 0) is 5.41 Å². The Bertz CT molecular complexity index is 573. The topological polar surface area (TPSA) is 68.0 Å². The normalized spacial score (nSPS) is 16.3. The van der Waals surface area contributed by atoms with Crippen molar-refractivity contribution in [2.24, 2.45) is 0 Å². The van der Waals surface area contributed by atoms with Gasteiger partial charge in [-0.05, 0) is 25.0 Å². The van der Waals surface area contributed by atoms with Crippen molar-refractivity contribution in [2.45, 2.75) is 25.2 Å². The van der Waals surface area contributed by atoms with E-state index in [0.29, 0.717) is 11.4 Å². The first kappa shape index (κ1) is 11.0. The minimum Gasteiger partial charge on any atom is -0.359 e. The number of anilines is 1. The summed E-state index contributed by atoms with van der Waals surface area (Å²) in [6, 6.07) is 5.21. The average molecular weight is 243 g/mol. The van der Waals surface area contributed by atoms with Crippen molar-refractivity contribution < 1.29 is 9.32 Å². The number of pyridine rings is 1. The summed E-state index contributed by atoms with van der Waals surface area (Å²) in [5.74, 6) is 1.06. The van der Waals surface area contributed by atoms with Crippen LogP contribution in [0.25, 0.3) is 0 Å². The molecule has 0 aromatic carbocycles. The van der Waals surface area contributed by atoms with Crippen LogP contribution in [0.2, 0.25) is 0 Å². The zero-order chi connectivity index (χ0) is 12.6. The van der Waals surface area contributed by atoms with Gasteiger partial charge in [0.25, 0.3) is 5.91 Å². The number of nitrogens with zero attached hydrogens (tertiary/aromatic N) is 2. The van der Waals surface area contributed by atoms with E-state index in [1.54, 1.807) is 24.4 Å². The Morgan fingerprint density at radius 3 is 3.00 bits per heavy atom. The van der Waals surface area contributed by atoms with Crippen molar-refractivity contribution >= 4 is 11.7 Å². The second-order valence-corrected chi connectivity index (χ2v) is 4.83. The number of nitrogens with one attached hydrogen (secondary N) is 1. The zero-order valence-corrected chi connectivity index (χ0v) is 10.0. The van der Waals surface area contributed by atoms with Crippen LogP contribution in [0.4, 0.5) is 5.82 Å². The molecule has 1 aliphatic carbocycles. The highest BCUT2D eigenvalue weighted by molar-refractivity contribution is 6.03. The van der Waals surface area contributed by atoms with Gasteiger partial charge in [-0.3, -0.25) is 9.78 Å². The highest BCUT2D eigenvalue weighted by Gasteiger charge is 2.42. The summed E-state index contributed by atoms with van der Waals surface area (Å²) in [6.07, 6.45) is 5.35. The van der Waals surface area contributed by atoms with Gasteiger partial charge in [0.05, 0.1) is 5.56 Å². The highest BCUT2D eigenvalue weighted by Crippen LogP contribution is 2.48. The van der Waals surface area contributed by atoms with E-state index in [2.05, 4.69) is 22.4 Å². The number of hydrogen-bond donors (Lipinski definition) is 1. The molecular weight excluding hydrogens is 230 g/mol. The molecule has 1 aliphatic rings. The molecule has 5 heteroatoms. The van der Waals surface area contributed by atoms with E-state index in [1.165, 1.54) is 6.20 Å². The molecule has 2 heterocycles. The van der Waals surface area contributed by atoms with Crippen LogP contribution in [-0.4, -0.2) is 16.0 Å². The third-order valence-corrected chi connectivity index (χ3v) is 3.27. The number of amides is 1. The molecule has 18 heavy (non-hydrogen) atoms. The Balaban J connectivity index is 1.73. The van der Waals surface area contributed by atoms with E-state index in [-0.39, 0.29) is 11.3 Å². The number of rotatable bonds is 3. The molecule has 92 valence electrons. The molecule has 0 bridgehead atoms. The lowest BCUT2D eigenvalue weighted by Gasteiger charge is -2.00. The summed E-state index contributed by atoms with van der Waals surface area (Å²) in [4.78, 5) is 15.8. The maximum absolute atomic E-state index is 11.9. The van der Waals surface area contributed by atoms with E-state index in [4.69, 9.17) is 4.52 Å². The fourth-order valence-electron chi connectivity index (χ4n) is 1.74. The number of aromatic nitrogens is 2. The third kappa shape index (κ3) is 1.99. The number of carbonyl (C=O) groups is 1. The van der Waals surface area contributed by atoms with Gasteiger partial charge in [0.15, 0.2) is 5.82 Å². The largest absolute Gasteiger partial charge is 0.359 e. The molecule has 2 aromatic rings. The Kier molecular flexibility index (Phi) is 2.40. The van der Waals surface area contributed by atoms with Crippen LogP contribution >= 0.6 is 0 Å². The lowest BCUT2D eigenvalue weighted by Crippen LogP contribution is -2.12. The first-order valence-electron chi connectivity index (χ1n) is 5.86. The van der Waals surface area contributed by atoms with E-state index < -0.39 is 0 Å². The zero-order valence-electron chi connectivity index (χ0n) is 10.0. The Labute approximate surface area is 104 Å². The van der Waals surface area contributed by atoms with Gasteiger partial charge in [0.2, 0.25) is 0 Å². The lowest BCUT2D eigenvalue weighted by atomic mass is 10.1. The fraction of sp³-hybridized carbons (Fsp3) is 0.308. The van der Waals surface area contributed by atoms with Gasteiger partial charge in [-0.2, -0.15) is 0 Å². The monoisotopic (exact) mass is 243 g/mol. The molecule has 0 saturated heterocycles. The molecule has 1 amide bonds. The maximum Gasteiger partial charge on any atom is 0.258 e. The number of carbonyl (C=O) groups excluding carboxylic acids is 1. The lowest BCUT2D eigenvalue weighted by molar-refractivity contribution is 0.102. The molecule has 1 fully saturated rings. The second-order valence-electron chi connectivity index (χ2n) is 4.83. The van der Waals surface area contributed by atoms with Gasteiger partial charge in [-0.25, -0.2) is 0 Å². The SMILES string of the molecule is CC1(c2cc(NC(=O)c3cccnc3)no2)CC1. The van der Waals surface area contributed by atoms with Gasteiger partial charge in [-0.1, -0.05) is 12.1 Å². The van der Waals surface area contributed by atoms with Gasteiger partial charge >= 0.3 is 0 Å². The molecule has 2 aromatic heterocycles. The summed E-state index contributed by atoms with van der Waals surface area (Å²) in [5, 5.41) is 6.56. The molecule has 1 N–H and O–H groups in total. The molecule has 0 atom stereocenters. The van der Waals surface area contributed by atoms with E-state index in [0.717, 1.165) is 18.6 Å². The summed E-state index contributed by atoms with van der Waals surface area (Å²) in [7, 11) is 0. The number of hydrogen-bond acceptors (Lipinski definition) is 4. The Morgan fingerprint density at radius 2 is 2.33 bits per heavy atom. The maximum atomic E-state index is 11.9. The van der Waals surface area contributed by atoms with Gasteiger partial charge in [0.1, 0.15) is 5.76 Å². The fourth-order valence-corrected chi connectivity index (χ4v) is 1.74. The highest BCUT2D eigenvalue weighted by atomic mass is 16.5. The third-order valence-electron chi connectivity index (χ3n) is 3.27. The smallest absolute Gasteiger partial charge is 0.258 e. The standard InChI is InChI=1S/C13H13N3O2/c1-13(4-5-13)10-7-11(16-18-10)15-12(17)9-3-2-6-14-8-9/h2-3,6-8H,4-5H2,1H3,(H,15,16,17). The van der Waals surface area contributed by atoms with Crippen LogP contribution in [0.1, 0.15) is 35.9 Å². The first-order valence-corrected chi connectivity index (χ1v) is 5.86. The van der Waals surface area contributed by atoms with Crippen molar-refractivity contribution in [1.82, 2.24) is 10.1 Å². The molecule has 0 unspecified atom stereocenters. The van der Waals surface area contributed by atoms with Crippen LogP contribution in [0, 0.1) is 0 Å². The second kappa shape index (κ2) is 3.94. The van der Waals surface area contributed by atoms with E-state index >= 15 is 0 Å². The molecule has 0 aliphatic heterocycles. The van der Waals surface area contributed by atoms with E-state index in [9.17, 15) is 4.79 Å². The first-order chi connectivity index (χ1) is 8.67. The van der Waals surface area contributed by atoms with Crippen molar-refractivity contribution in [3.63, 3.8) is 0 Å². The van der Waals surface area contributed by atoms with Crippen LogP contribution < -0.4 is 5.32 Å². The minimum absolute atomic E-state index is 0.115. The van der Waals surface area contributed by atoms with E-state index in [1.807, 2.05) is 0 Å². The van der Waals surface area contributed by atoms with Gasteiger partial charge < -0.3 is 9.84 Å². The predicted molar refractivity (Wildman–Crippen MR) is 65.3 cm³/mol. The van der Waals surface area contributed by atoms with Crippen molar-refractivity contribution in [2.75, 3.05) is 5.32 Å². The van der Waals surface area contributed by atoms with Crippen molar-refractivity contribution in [1.29, 1.82) is 0 Å². The summed E-state index contributed by atoms with van der Waals surface area (Å²) >= 11 is 0. The molecule has 0 spiro atoms. The quantitative estimate of drug-likeness (QED) is 0.898. The molecule has 0 radical (unpaired) electrons. The van der Waals surface area contributed by atoms with Crippen LogP contribution in [0.5, 0.6) is 0 Å². The average Bonchev–Trinajstić information content (AvgIpc) is 2.97. The van der Waals surface area contributed by atoms with Crippen molar-refractivity contribution in [3.05, 3.63) is 41.9 Å². The minimum atomic E-state index is -0.232. The van der Waals surface area contributed by atoms with Crippen LogP contribution in [0.3, 0.4) is 0 Å². The molecule has 1 saturated carbocycles. The predicted octanol–water partition coefficient (Wildman–Crippen LogP) is 2.37. The molecular formula is C13H13N3O2. The Hall–Kier alpha value is -2.17. The summed E-state index contributed by atoms with van der Waals surface area (Å²) in [5.41, 5.74) is 0.615. The van der Waals surface area contributed by atoms with Crippen LogP contribution in [0.15, 0.2) is 35.1 Å². The van der Waals surface area contributed by atoms with Gasteiger partial charge in [0, 0.05) is 23.9 Å². The van der Waals surface area contributed by atoms with Gasteiger partial charge in [-0.15, -0.1) is 0 Å². The Morgan fingerprint density at radius 1 is 1.50 bits per heavy atom. The molecule has 3 rings (SSSR count). The summed E-state index contributed by atoms with van der Waals surface area (Å²) in [6.45, 7) is 2.13. The summed E-state index contributed by atoms with van der Waals surface area (Å²) < 4.78 is 5.25. The van der Waals surface area contributed by atoms with Crippen molar-refractivity contribution in [3.8, 4) is 0 Å². The molecule has 5 nitrogen and oxygen atoms in total.